The summed E-state index contributed by atoms with van der Waals surface area (Å²) in [7, 11) is 1.71. The van der Waals surface area contributed by atoms with Gasteiger partial charge in [-0.05, 0) is 41.8 Å². The van der Waals surface area contributed by atoms with Gasteiger partial charge >= 0.3 is 0 Å². The summed E-state index contributed by atoms with van der Waals surface area (Å²) < 4.78 is 6.88. The number of carbonyl (C=O) groups is 1. The van der Waals surface area contributed by atoms with Crippen molar-refractivity contribution in [1.29, 1.82) is 0 Å². The molecule has 7 nitrogen and oxygen atoms in total. The van der Waals surface area contributed by atoms with E-state index in [1.54, 1.807) is 37.5 Å². The van der Waals surface area contributed by atoms with E-state index in [0.717, 1.165) is 5.56 Å². The first-order chi connectivity index (χ1) is 12.6. The second-order valence-electron chi connectivity index (χ2n) is 5.39. The first-order valence-electron chi connectivity index (χ1n) is 7.58. The molecule has 0 unspecified atom stereocenters. The van der Waals surface area contributed by atoms with Crippen molar-refractivity contribution in [2.45, 2.75) is 0 Å². The Morgan fingerprint density at radius 3 is 2.77 bits per heavy atom. The highest BCUT2D eigenvalue weighted by molar-refractivity contribution is 7.14. The second-order valence-corrected chi connectivity index (χ2v) is 6.74. The monoisotopic (exact) mass is 385 g/mol. The van der Waals surface area contributed by atoms with Crippen molar-refractivity contribution in [3.05, 3.63) is 58.7 Å². The maximum absolute atomic E-state index is 12.4. The lowest BCUT2D eigenvalue weighted by molar-refractivity contribution is 0.101. The molecule has 0 saturated heterocycles. The molecule has 0 bridgehead atoms. The molecular formula is C17H12ClN5O2S. The number of hydrogen-bond acceptors (Lipinski definition) is 6. The zero-order valence-electron chi connectivity index (χ0n) is 13.5. The van der Waals surface area contributed by atoms with Gasteiger partial charge in [0.15, 0.2) is 0 Å². The van der Waals surface area contributed by atoms with Crippen LogP contribution in [-0.2, 0) is 7.05 Å². The van der Waals surface area contributed by atoms with Gasteiger partial charge in [0.25, 0.3) is 11.8 Å². The van der Waals surface area contributed by atoms with Gasteiger partial charge in [0.2, 0.25) is 5.82 Å². The molecule has 1 amide bonds. The fourth-order valence-electron chi connectivity index (χ4n) is 2.39. The van der Waals surface area contributed by atoms with Crippen LogP contribution in [0.15, 0.2) is 52.5 Å². The molecule has 1 aromatic carbocycles. The van der Waals surface area contributed by atoms with E-state index < -0.39 is 0 Å². The summed E-state index contributed by atoms with van der Waals surface area (Å²) in [6, 6.07) is 10.6. The molecule has 0 aliphatic heterocycles. The van der Waals surface area contributed by atoms with E-state index in [1.807, 2.05) is 17.5 Å². The lowest BCUT2D eigenvalue weighted by Gasteiger charge is -2.04. The maximum atomic E-state index is 12.4. The highest BCUT2D eigenvalue weighted by atomic mass is 35.5. The van der Waals surface area contributed by atoms with Crippen LogP contribution in [0.5, 0.6) is 0 Å². The van der Waals surface area contributed by atoms with Gasteiger partial charge in [0, 0.05) is 23.8 Å². The second kappa shape index (κ2) is 6.74. The van der Waals surface area contributed by atoms with Crippen molar-refractivity contribution < 1.29 is 9.32 Å². The summed E-state index contributed by atoms with van der Waals surface area (Å²) in [5, 5.41) is 13.3. The highest BCUT2D eigenvalue weighted by Gasteiger charge is 2.18. The van der Waals surface area contributed by atoms with Crippen molar-refractivity contribution in [2.24, 2.45) is 7.05 Å². The van der Waals surface area contributed by atoms with Gasteiger partial charge in [-0.25, -0.2) is 0 Å². The van der Waals surface area contributed by atoms with Gasteiger partial charge < -0.3 is 9.84 Å². The number of carbonyl (C=O) groups excluding carboxylic acids is 1. The van der Waals surface area contributed by atoms with Gasteiger partial charge in [-0.2, -0.15) is 10.1 Å². The molecular weight excluding hydrogens is 374 g/mol. The van der Waals surface area contributed by atoms with E-state index in [2.05, 4.69) is 20.6 Å². The summed E-state index contributed by atoms with van der Waals surface area (Å²) in [5.74, 6) is 0.529. The minimum absolute atomic E-state index is 0.262. The zero-order chi connectivity index (χ0) is 18.1. The standard InChI is InChI=1S/C17H12ClN5O2S/c1-23-13(6-8-19-23)16(24)20-12-7-9-26-14(12)17-21-15(22-25-17)10-2-4-11(18)5-3-10/h2-9H,1H3,(H,20,24). The molecule has 130 valence electrons. The Hall–Kier alpha value is -2.97. The third-order valence-corrected chi connectivity index (χ3v) is 4.84. The van der Waals surface area contributed by atoms with E-state index in [4.69, 9.17) is 16.1 Å². The molecule has 3 heterocycles. The van der Waals surface area contributed by atoms with Crippen molar-refractivity contribution in [2.75, 3.05) is 5.32 Å². The topological polar surface area (TPSA) is 85.8 Å². The Morgan fingerprint density at radius 1 is 1.23 bits per heavy atom. The summed E-state index contributed by atoms with van der Waals surface area (Å²) in [6.45, 7) is 0. The van der Waals surface area contributed by atoms with Crippen molar-refractivity contribution >= 4 is 34.5 Å². The summed E-state index contributed by atoms with van der Waals surface area (Å²) in [4.78, 5) is 17.5. The molecule has 0 atom stereocenters. The van der Waals surface area contributed by atoms with Crippen LogP contribution in [0.4, 0.5) is 5.69 Å². The number of anilines is 1. The van der Waals surface area contributed by atoms with Crippen LogP contribution in [-0.4, -0.2) is 25.8 Å². The average molecular weight is 386 g/mol. The first kappa shape index (κ1) is 16.5. The van der Waals surface area contributed by atoms with Crippen molar-refractivity contribution in [3.63, 3.8) is 0 Å². The molecule has 0 fully saturated rings. The molecule has 3 aromatic heterocycles. The molecule has 4 aromatic rings. The van der Waals surface area contributed by atoms with Crippen LogP contribution in [0.1, 0.15) is 10.5 Å². The maximum Gasteiger partial charge on any atom is 0.273 e. The smallest absolute Gasteiger partial charge is 0.273 e. The van der Waals surface area contributed by atoms with Gasteiger partial charge in [-0.15, -0.1) is 11.3 Å². The molecule has 4 rings (SSSR count). The van der Waals surface area contributed by atoms with E-state index in [0.29, 0.717) is 33.0 Å². The number of benzene rings is 1. The van der Waals surface area contributed by atoms with Gasteiger partial charge in [0.1, 0.15) is 10.6 Å². The number of nitrogens with one attached hydrogen (secondary N) is 1. The predicted molar refractivity (Wildman–Crippen MR) is 99.2 cm³/mol. The number of aromatic nitrogens is 4. The van der Waals surface area contributed by atoms with E-state index >= 15 is 0 Å². The van der Waals surface area contributed by atoms with E-state index in [9.17, 15) is 4.79 Å². The molecule has 0 spiro atoms. The fraction of sp³-hybridized carbons (Fsp3) is 0.0588. The first-order valence-corrected chi connectivity index (χ1v) is 8.84. The third kappa shape index (κ3) is 3.12. The largest absolute Gasteiger partial charge is 0.333 e. The summed E-state index contributed by atoms with van der Waals surface area (Å²) >= 11 is 7.30. The quantitative estimate of drug-likeness (QED) is 0.571. The van der Waals surface area contributed by atoms with Crippen LogP contribution in [0, 0.1) is 0 Å². The Balaban J connectivity index is 1.60. The number of rotatable bonds is 4. The molecule has 9 heteroatoms. The number of thiophene rings is 1. The molecule has 0 aliphatic carbocycles. The molecule has 26 heavy (non-hydrogen) atoms. The molecule has 0 radical (unpaired) electrons. The van der Waals surface area contributed by atoms with E-state index in [-0.39, 0.29) is 5.91 Å². The van der Waals surface area contributed by atoms with E-state index in [1.165, 1.54) is 16.0 Å². The Morgan fingerprint density at radius 2 is 2.04 bits per heavy atom. The number of nitrogens with zero attached hydrogens (tertiary/aromatic N) is 4. The fourth-order valence-corrected chi connectivity index (χ4v) is 3.28. The lowest BCUT2D eigenvalue weighted by atomic mass is 10.2. The molecule has 0 aliphatic rings. The Bertz CT molecular complexity index is 1070. The van der Waals surface area contributed by atoms with Crippen LogP contribution in [0.2, 0.25) is 5.02 Å². The van der Waals surface area contributed by atoms with Crippen molar-refractivity contribution in [1.82, 2.24) is 19.9 Å². The molecule has 1 N–H and O–H groups in total. The molecule has 0 saturated carbocycles. The number of halogens is 1. The Kier molecular flexibility index (Phi) is 4.27. The predicted octanol–water partition coefficient (Wildman–Crippen LogP) is 4.10. The minimum atomic E-state index is -0.262. The number of amides is 1. The highest BCUT2D eigenvalue weighted by Crippen LogP contribution is 2.34. The SMILES string of the molecule is Cn1nccc1C(=O)Nc1ccsc1-c1nc(-c2ccc(Cl)cc2)no1. The van der Waals surface area contributed by atoms with Gasteiger partial charge in [-0.3, -0.25) is 9.48 Å². The lowest BCUT2D eigenvalue weighted by Crippen LogP contribution is -2.16. The third-order valence-electron chi connectivity index (χ3n) is 3.69. The minimum Gasteiger partial charge on any atom is -0.333 e. The Labute approximate surface area is 157 Å². The summed E-state index contributed by atoms with van der Waals surface area (Å²) in [5.41, 5.74) is 1.85. The van der Waals surface area contributed by atoms with Crippen LogP contribution in [0.3, 0.4) is 0 Å². The van der Waals surface area contributed by atoms with Crippen molar-refractivity contribution in [3.8, 4) is 22.2 Å². The van der Waals surface area contributed by atoms with Crippen LogP contribution < -0.4 is 5.32 Å². The van der Waals surface area contributed by atoms with Gasteiger partial charge in [0.05, 0.1) is 5.69 Å². The average Bonchev–Trinajstić information content (AvgIpc) is 3.35. The zero-order valence-corrected chi connectivity index (χ0v) is 15.1. The number of hydrogen-bond donors (Lipinski definition) is 1. The van der Waals surface area contributed by atoms with Crippen LogP contribution in [0.25, 0.3) is 22.2 Å². The normalized spacial score (nSPS) is 10.8. The number of aryl methyl sites for hydroxylation is 1. The van der Waals surface area contributed by atoms with Gasteiger partial charge in [-0.1, -0.05) is 16.8 Å². The van der Waals surface area contributed by atoms with Crippen LogP contribution >= 0.6 is 22.9 Å². The summed E-state index contributed by atoms with van der Waals surface area (Å²) in [6.07, 6.45) is 1.57.